The molecule has 1 aliphatic heterocycles. The summed E-state index contributed by atoms with van der Waals surface area (Å²) in [6, 6.07) is 0.0603. The fourth-order valence-corrected chi connectivity index (χ4v) is 8.57. The van der Waals surface area contributed by atoms with Gasteiger partial charge in [-0.1, -0.05) is 0 Å². The maximum absolute atomic E-state index is 13.8. The molecule has 2 amide bonds. The number of nitrogens with zero attached hydrogens (tertiary/aromatic N) is 3. The minimum atomic E-state index is -3.42. The lowest BCUT2D eigenvalue weighted by Crippen LogP contribution is -2.60. The van der Waals surface area contributed by atoms with Gasteiger partial charge in [-0.2, -0.15) is 5.10 Å². The van der Waals surface area contributed by atoms with Gasteiger partial charge >= 0.3 is 6.09 Å². The normalized spacial score (nSPS) is 30.6. The van der Waals surface area contributed by atoms with Crippen molar-refractivity contribution in [2.24, 2.45) is 28.9 Å². The van der Waals surface area contributed by atoms with Gasteiger partial charge in [0.25, 0.3) is 5.91 Å². The highest BCUT2D eigenvalue weighted by molar-refractivity contribution is 7.88. The first kappa shape index (κ1) is 27.9. The number of nitrogens with two attached hydrogens (primary N) is 1. The number of morpholine rings is 1. The molecule has 2 unspecified atom stereocenters. The van der Waals surface area contributed by atoms with Crippen LogP contribution in [0.4, 0.5) is 10.6 Å². The molecule has 0 radical (unpaired) electrons. The number of rotatable bonds is 9. The van der Waals surface area contributed by atoms with E-state index in [1.807, 2.05) is 0 Å². The van der Waals surface area contributed by atoms with E-state index in [0.717, 1.165) is 38.4 Å². The molecular formula is C26H40N6O6S. The van der Waals surface area contributed by atoms with Crippen molar-refractivity contribution in [1.29, 1.82) is 0 Å². The smallest absolute Gasteiger partial charge is 0.404 e. The van der Waals surface area contributed by atoms with Crippen LogP contribution in [0, 0.1) is 23.2 Å². The van der Waals surface area contributed by atoms with Crippen LogP contribution in [0.3, 0.4) is 0 Å². The molecule has 4 saturated carbocycles. The number of amides is 2. The molecule has 0 aromatic carbocycles. The van der Waals surface area contributed by atoms with Crippen molar-refractivity contribution in [1.82, 2.24) is 19.8 Å². The number of carbonyl (C=O) groups is 2. The molecule has 12 nitrogen and oxygen atoms in total. The van der Waals surface area contributed by atoms with E-state index in [-0.39, 0.29) is 17.4 Å². The van der Waals surface area contributed by atoms with E-state index in [9.17, 15) is 18.0 Å². The molecule has 2 atom stereocenters. The summed E-state index contributed by atoms with van der Waals surface area (Å²) in [7, 11) is -3.42. The van der Waals surface area contributed by atoms with Crippen molar-refractivity contribution < 1.29 is 27.5 Å². The van der Waals surface area contributed by atoms with Crippen LogP contribution in [-0.2, 0) is 19.5 Å². The fourth-order valence-electron chi connectivity index (χ4n) is 7.54. The molecule has 0 spiro atoms. The average Bonchev–Trinajstić information content (AvgIpc) is 3.27. The number of ether oxygens (including phenoxy) is 2. The van der Waals surface area contributed by atoms with Crippen molar-refractivity contribution in [2.75, 3.05) is 44.1 Å². The van der Waals surface area contributed by atoms with Crippen LogP contribution in [0.5, 0.6) is 0 Å². The summed E-state index contributed by atoms with van der Waals surface area (Å²) in [4.78, 5) is 27.1. The third-order valence-electron chi connectivity index (χ3n) is 8.62. The molecule has 1 aromatic heterocycles. The Morgan fingerprint density at radius 1 is 1.23 bits per heavy atom. The molecule has 39 heavy (non-hydrogen) atoms. The van der Waals surface area contributed by atoms with Gasteiger partial charge in [0.05, 0.1) is 32.3 Å². The predicted octanol–water partition coefficient (Wildman–Crippen LogP) is 1.54. The maximum atomic E-state index is 13.8. The zero-order valence-corrected chi connectivity index (χ0v) is 23.7. The quantitative estimate of drug-likeness (QED) is 0.408. The van der Waals surface area contributed by atoms with E-state index in [1.54, 1.807) is 37.0 Å². The SMILES string of the molecule is CC(C)(/C=C/n1ncc(C(=O)N[C@H]2C3CC4CC2C[C@](COC(N)=O)(C4)C3)c1N1CCOCC1)NS(C)(=O)=O. The third kappa shape index (κ3) is 6.25. The number of sulfonamides is 1. The lowest BCUT2D eigenvalue weighted by molar-refractivity contribution is -0.0977. The van der Waals surface area contributed by atoms with E-state index < -0.39 is 21.7 Å². The van der Waals surface area contributed by atoms with Crippen LogP contribution in [0.2, 0.25) is 0 Å². The van der Waals surface area contributed by atoms with Crippen LogP contribution in [0.15, 0.2) is 12.3 Å². The summed E-state index contributed by atoms with van der Waals surface area (Å²) in [5, 5.41) is 7.86. The number of nitrogens with one attached hydrogen (secondary N) is 2. The Morgan fingerprint density at radius 2 is 1.90 bits per heavy atom. The predicted molar refractivity (Wildman–Crippen MR) is 145 cm³/mol. The molecule has 4 N–H and O–H groups in total. The van der Waals surface area contributed by atoms with Crippen molar-refractivity contribution in [3.8, 4) is 0 Å². The van der Waals surface area contributed by atoms with E-state index in [4.69, 9.17) is 15.2 Å². The molecule has 4 aliphatic carbocycles. The number of primary amides is 1. The standard InChI is InChI=1S/C26H40N6O6S/c1-25(2,30-39(3,35)36)4-5-32-23(31-6-8-37-9-7-31)20(15-28-32)22(33)29-21-18-10-17-11-19(21)14-26(12-17,13-18)16-38-24(27)34/h4-5,15,17-19,21,30H,6-14,16H2,1-3H3,(H2,27,34)(H,29,33)/b5-4+/t17?,18?,19?,21-,26-. The fraction of sp³-hybridized carbons (Fsp3) is 0.731. The summed E-state index contributed by atoms with van der Waals surface area (Å²) in [5.74, 6) is 1.76. The van der Waals surface area contributed by atoms with Crippen LogP contribution in [0.25, 0.3) is 6.20 Å². The number of hydrogen-bond acceptors (Lipinski definition) is 8. The van der Waals surface area contributed by atoms with Gasteiger partial charge in [-0.15, -0.1) is 0 Å². The van der Waals surface area contributed by atoms with E-state index >= 15 is 0 Å². The molecule has 5 fully saturated rings. The van der Waals surface area contributed by atoms with Crippen molar-refractivity contribution in [2.45, 2.75) is 57.5 Å². The second-order valence-corrected chi connectivity index (χ2v) is 14.2. The Kier molecular flexibility index (Phi) is 7.44. The Bertz CT molecular complexity index is 1220. The number of carbonyl (C=O) groups excluding carboxylic acids is 2. The van der Waals surface area contributed by atoms with Gasteiger partial charge in [-0.25, -0.2) is 22.6 Å². The molecule has 5 aliphatic rings. The largest absolute Gasteiger partial charge is 0.449 e. The van der Waals surface area contributed by atoms with Crippen LogP contribution >= 0.6 is 0 Å². The van der Waals surface area contributed by atoms with Crippen molar-refractivity contribution in [3.63, 3.8) is 0 Å². The molecule has 2 heterocycles. The first-order valence-electron chi connectivity index (χ1n) is 13.6. The van der Waals surface area contributed by atoms with Gasteiger partial charge in [-0.05, 0) is 69.8 Å². The van der Waals surface area contributed by atoms with Gasteiger partial charge in [0, 0.05) is 36.3 Å². The van der Waals surface area contributed by atoms with Crippen molar-refractivity contribution in [3.05, 3.63) is 17.8 Å². The average molecular weight is 565 g/mol. The van der Waals surface area contributed by atoms with Crippen molar-refractivity contribution >= 4 is 34.0 Å². The highest BCUT2D eigenvalue weighted by Crippen LogP contribution is 2.60. The van der Waals surface area contributed by atoms with E-state index in [0.29, 0.717) is 62.0 Å². The molecule has 4 bridgehead atoms. The summed E-state index contributed by atoms with van der Waals surface area (Å²) in [6.45, 7) is 6.18. The first-order chi connectivity index (χ1) is 18.3. The van der Waals surface area contributed by atoms with Crippen LogP contribution in [0.1, 0.15) is 56.3 Å². The molecule has 1 saturated heterocycles. The summed E-state index contributed by atoms with van der Waals surface area (Å²) in [5.41, 5.74) is 4.86. The Balaban J connectivity index is 1.36. The topological polar surface area (TPSA) is 158 Å². The van der Waals surface area contributed by atoms with Gasteiger partial charge in [-0.3, -0.25) is 4.79 Å². The van der Waals surface area contributed by atoms with Gasteiger partial charge in [0.1, 0.15) is 11.4 Å². The van der Waals surface area contributed by atoms with Crippen LogP contribution < -0.4 is 20.7 Å². The Labute approximate surface area is 229 Å². The Morgan fingerprint density at radius 3 is 2.51 bits per heavy atom. The highest BCUT2D eigenvalue weighted by atomic mass is 32.2. The number of aromatic nitrogens is 2. The van der Waals surface area contributed by atoms with Gasteiger partial charge < -0.3 is 25.4 Å². The Hall–Kier alpha value is -2.64. The minimum absolute atomic E-state index is 0.0335. The number of anilines is 1. The van der Waals surface area contributed by atoms with Gasteiger partial charge in [0.15, 0.2) is 0 Å². The lowest BCUT2D eigenvalue weighted by Gasteiger charge is -2.59. The molecular weight excluding hydrogens is 524 g/mol. The second-order valence-electron chi connectivity index (χ2n) is 12.4. The molecule has 13 heteroatoms. The first-order valence-corrected chi connectivity index (χ1v) is 15.5. The zero-order valence-electron chi connectivity index (χ0n) is 22.9. The third-order valence-corrected chi connectivity index (χ3v) is 9.52. The van der Waals surface area contributed by atoms with Gasteiger partial charge in [0.2, 0.25) is 10.0 Å². The highest BCUT2D eigenvalue weighted by Gasteiger charge is 2.56. The molecule has 1 aromatic rings. The van der Waals surface area contributed by atoms with Crippen LogP contribution in [-0.4, -0.2) is 80.9 Å². The monoisotopic (exact) mass is 564 g/mol. The lowest BCUT2D eigenvalue weighted by atomic mass is 9.48. The van der Waals surface area contributed by atoms with E-state index in [1.165, 1.54) is 0 Å². The number of hydrogen-bond donors (Lipinski definition) is 3. The maximum Gasteiger partial charge on any atom is 0.404 e. The summed E-state index contributed by atoms with van der Waals surface area (Å²) in [6.07, 6.45) is 10.4. The zero-order chi connectivity index (χ0) is 28.0. The summed E-state index contributed by atoms with van der Waals surface area (Å²) >= 11 is 0. The minimum Gasteiger partial charge on any atom is -0.449 e. The summed E-state index contributed by atoms with van der Waals surface area (Å²) < 4.78 is 38.6. The molecule has 6 rings (SSSR count). The molecule has 216 valence electrons. The second kappa shape index (κ2) is 10.4. The van der Waals surface area contributed by atoms with E-state index in [2.05, 4.69) is 20.0 Å².